The van der Waals surface area contributed by atoms with Crippen molar-refractivity contribution in [2.45, 2.75) is 26.2 Å². The van der Waals surface area contributed by atoms with Crippen LogP contribution in [0.4, 0.5) is 8.78 Å². The summed E-state index contributed by atoms with van der Waals surface area (Å²) in [5.41, 5.74) is 2.22. The largest absolute Gasteiger partial charge is 0.494 e. The molecule has 16 heteroatoms. The number of rotatable bonds is 10. The summed E-state index contributed by atoms with van der Waals surface area (Å²) in [7, 11) is -1.79. The predicted octanol–water partition coefficient (Wildman–Crippen LogP) is 1.97. The van der Waals surface area contributed by atoms with Crippen LogP contribution in [0.25, 0.3) is 0 Å². The van der Waals surface area contributed by atoms with Gasteiger partial charge in [-0.1, -0.05) is 24.3 Å². The molecule has 0 fully saturated rings. The average Bonchev–Trinajstić information content (AvgIpc) is 3.32. The van der Waals surface area contributed by atoms with Crippen molar-refractivity contribution in [1.29, 1.82) is 0 Å². The summed E-state index contributed by atoms with van der Waals surface area (Å²) >= 11 is 0. The maximum atomic E-state index is 14.4. The van der Waals surface area contributed by atoms with Crippen molar-refractivity contribution < 1.29 is 42.3 Å². The molecule has 0 atom stereocenters. The van der Waals surface area contributed by atoms with Gasteiger partial charge in [0, 0.05) is 37.8 Å². The second kappa shape index (κ2) is 14.6. The van der Waals surface area contributed by atoms with E-state index in [9.17, 15) is 18.4 Å². The molecule has 0 aliphatic heterocycles. The quantitative estimate of drug-likeness (QED) is 0.195. The number of benzene rings is 1. The van der Waals surface area contributed by atoms with Crippen LogP contribution in [0.15, 0.2) is 65.8 Å². The maximum absolute atomic E-state index is 14.4. The number of carbonyl (C=O) groups excluding carboxylic acids is 1. The fourth-order valence-corrected chi connectivity index (χ4v) is 3.74. The average molecular weight is 608 g/mol. The van der Waals surface area contributed by atoms with Crippen molar-refractivity contribution in [2.24, 2.45) is 0 Å². The van der Waals surface area contributed by atoms with Gasteiger partial charge in [0.25, 0.3) is 11.5 Å². The van der Waals surface area contributed by atoms with Gasteiger partial charge < -0.3 is 34.0 Å². The molecule has 1 amide bonds. The Morgan fingerprint density at radius 1 is 0.976 bits per heavy atom. The van der Waals surface area contributed by atoms with Gasteiger partial charge in [0.1, 0.15) is 11.5 Å². The van der Waals surface area contributed by atoms with E-state index in [0.29, 0.717) is 17.8 Å². The van der Waals surface area contributed by atoms with Crippen molar-refractivity contribution in [2.75, 3.05) is 14.2 Å². The summed E-state index contributed by atoms with van der Waals surface area (Å²) in [5, 5.41) is 7.12. The second-order valence-electron chi connectivity index (χ2n) is 8.72. The molecule has 0 bridgehead atoms. The molecule has 224 valence electrons. The second-order valence-corrected chi connectivity index (χ2v) is 9.75. The highest BCUT2D eigenvalue weighted by Crippen LogP contribution is 2.25. The van der Waals surface area contributed by atoms with Crippen molar-refractivity contribution in [3.8, 4) is 5.75 Å². The third-order valence-corrected chi connectivity index (χ3v) is 5.59. The lowest BCUT2D eigenvalue weighted by Crippen LogP contribution is -2.24. The van der Waals surface area contributed by atoms with Crippen LogP contribution >= 0.6 is 7.82 Å². The summed E-state index contributed by atoms with van der Waals surface area (Å²) in [4.78, 5) is 50.3. The van der Waals surface area contributed by atoms with E-state index < -0.39 is 25.4 Å². The van der Waals surface area contributed by atoms with Gasteiger partial charge in [-0.05, 0) is 17.2 Å². The monoisotopic (exact) mass is 607 g/mol. The number of ether oxygens (including phenoxy) is 2. The Kier molecular flexibility index (Phi) is 11.2. The van der Waals surface area contributed by atoms with E-state index in [1.807, 2.05) is 24.3 Å². The van der Waals surface area contributed by atoms with Crippen LogP contribution in [-0.4, -0.2) is 54.1 Å². The molecule has 42 heavy (non-hydrogen) atoms. The van der Waals surface area contributed by atoms with Gasteiger partial charge in [-0.25, -0.2) is 13.3 Å². The normalized spacial score (nSPS) is 11.0. The van der Waals surface area contributed by atoms with Gasteiger partial charge in [0.15, 0.2) is 11.6 Å². The summed E-state index contributed by atoms with van der Waals surface area (Å²) in [6.45, 7) is 0.595. The van der Waals surface area contributed by atoms with E-state index in [2.05, 4.69) is 15.4 Å². The van der Waals surface area contributed by atoms with Crippen molar-refractivity contribution in [1.82, 2.24) is 24.6 Å². The van der Waals surface area contributed by atoms with Crippen LogP contribution in [0.5, 0.6) is 5.75 Å². The molecule has 0 saturated heterocycles. The summed E-state index contributed by atoms with van der Waals surface area (Å²) in [6.07, 6.45) is 4.17. The molecule has 0 aliphatic carbocycles. The first-order valence-corrected chi connectivity index (χ1v) is 13.7. The predicted molar refractivity (Wildman–Crippen MR) is 144 cm³/mol. The lowest BCUT2D eigenvalue weighted by atomic mass is 10.1. The molecular weight excluding hydrogens is 579 g/mol. The van der Waals surface area contributed by atoms with Crippen LogP contribution < -0.4 is 15.6 Å². The highest BCUT2D eigenvalue weighted by atomic mass is 31.2. The van der Waals surface area contributed by atoms with Crippen LogP contribution in [0.2, 0.25) is 0 Å². The smallest absolute Gasteiger partial charge is 0.466 e. The summed E-state index contributed by atoms with van der Waals surface area (Å²) < 4.78 is 49.7. The van der Waals surface area contributed by atoms with Gasteiger partial charge in [-0.15, -0.1) is 0 Å². The first kappa shape index (κ1) is 32.2. The number of hydrogen-bond donors (Lipinski definition) is 4. The Bertz CT molecular complexity index is 1610. The number of aromatic nitrogens is 4. The van der Waals surface area contributed by atoms with Crippen LogP contribution in [0.3, 0.4) is 0 Å². The zero-order valence-electron chi connectivity index (χ0n) is 22.5. The molecule has 4 N–H and O–H groups in total. The molecule has 4 aromatic rings. The Balaban J connectivity index is 0.000000892. The van der Waals surface area contributed by atoms with Gasteiger partial charge in [-0.2, -0.15) is 5.10 Å². The number of amides is 1. The molecular formula is C26H28F2N5O8P. The number of methoxy groups -OCH3 is 2. The Morgan fingerprint density at radius 2 is 1.62 bits per heavy atom. The van der Waals surface area contributed by atoms with E-state index in [-0.39, 0.29) is 36.7 Å². The number of hydrogen-bond acceptors (Lipinski definition) is 7. The molecule has 13 nitrogen and oxygen atoms in total. The van der Waals surface area contributed by atoms with Crippen molar-refractivity contribution >= 4 is 13.7 Å². The SMILES string of the molecule is COCc1nn(Cc2ccc(Cn3cc(F)ccc3=O)cc2)cc1C(=O)NCc1nccc(OC)c1F.O=P(O)(O)O. The Labute approximate surface area is 238 Å². The molecule has 0 unspecified atom stereocenters. The van der Waals surface area contributed by atoms with E-state index in [1.54, 1.807) is 10.9 Å². The van der Waals surface area contributed by atoms with Crippen LogP contribution in [0.1, 0.15) is 32.9 Å². The Morgan fingerprint density at radius 3 is 2.24 bits per heavy atom. The fourth-order valence-electron chi connectivity index (χ4n) is 3.74. The number of nitrogens with zero attached hydrogens (tertiary/aromatic N) is 4. The minimum absolute atomic E-state index is 0.0427. The van der Waals surface area contributed by atoms with Gasteiger partial charge in [-0.3, -0.25) is 19.3 Å². The van der Waals surface area contributed by atoms with E-state index in [1.165, 1.54) is 43.3 Å². The highest BCUT2D eigenvalue weighted by Gasteiger charge is 2.18. The van der Waals surface area contributed by atoms with Gasteiger partial charge in [0.05, 0.1) is 44.6 Å². The summed E-state index contributed by atoms with van der Waals surface area (Å²) in [6, 6.07) is 11.1. The third-order valence-electron chi connectivity index (χ3n) is 5.59. The minimum atomic E-state index is -4.64. The van der Waals surface area contributed by atoms with E-state index in [4.69, 9.17) is 28.7 Å². The molecule has 3 aromatic heterocycles. The molecule has 4 rings (SSSR count). The number of carbonyl (C=O) groups is 1. The standard InChI is InChI=1S/C26H25F2N5O4.H3O4P/c1-36-16-22-20(26(35)30-11-21-25(28)23(37-2)9-10-29-21)15-33(31-22)13-18-5-3-17(4-6-18)12-32-14-19(27)7-8-24(32)34;1-5(2,3)4/h3-10,14-15H,11-13,16H2,1-2H3,(H,30,35);(H3,1,2,3,4). The zero-order valence-corrected chi connectivity index (χ0v) is 23.4. The molecule has 0 saturated carbocycles. The fraction of sp³-hybridized carbons (Fsp3) is 0.231. The molecule has 3 heterocycles. The van der Waals surface area contributed by atoms with Crippen LogP contribution in [-0.2, 0) is 35.5 Å². The number of phosphoric acid groups is 1. The zero-order chi connectivity index (χ0) is 30.9. The first-order valence-electron chi connectivity index (χ1n) is 12.1. The lowest BCUT2D eigenvalue weighted by molar-refractivity contribution is 0.0944. The highest BCUT2D eigenvalue weighted by molar-refractivity contribution is 7.45. The Hall–Kier alpha value is -4.27. The lowest BCUT2D eigenvalue weighted by Gasteiger charge is -2.08. The molecule has 0 aliphatic rings. The topological polar surface area (TPSA) is 178 Å². The van der Waals surface area contributed by atoms with Crippen LogP contribution in [0, 0.1) is 11.6 Å². The number of nitrogens with one attached hydrogen (secondary N) is 1. The third kappa shape index (κ3) is 9.68. The van der Waals surface area contributed by atoms with Crippen molar-refractivity contribution in [3.63, 3.8) is 0 Å². The van der Waals surface area contributed by atoms with Gasteiger partial charge >= 0.3 is 7.82 Å². The minimum Gasteiger partial charge on any atom is -0.494 e. The van der Waals surface area contributed by atoms with E-state index >= 15 is 0 Å². The first-order chi connectivity index (χ1) is 19.9. The maximum Gasteiger partial charge on any atom is 0.466 e. The molecule has 0 radical (unpaired) electrons. The van der Waals surface area contributed by atoms with Gasteiger partial charge in [0.2, 0.25) is 0 Å². The summed E-state index contributed by atoms with van der Waals surface area (Å²) in [5.74, 6) is -1.52. The van der Waals surface area contributed by atoms with E-state index in [0.717, 1.165) is 17.2 Å². The number of pyridine rings is 2. The molecule has 0 spiro atoms. The number of halogens is 2. The van der Waals surface area contributed by atoms with Crippen molar-refractivity contribution in [3.05, 3.63) is 111 Å². The molecule has 1 aromatic carbocycles.